The Morgan fingerprint density at radius 3 is 2.18 bits per heavy atom. The smallest absolute Gasteiger partial charge is 0.329 e. The first-order chi connectivity index (χ1) is 31.6. The van der Waals surface area contributed by atoms with E-state index < -0.39 is 77.8 Å². The molecule has 2 bridgehead atoms. The number of aliphatic hydroxyl groups excluding tert-OH is 2. The average Bonchev–Trinajstić information content (AvgIpc) is 3.28. The molecule has 1 amide bonds. The molecule has 3 fully saturated rings. The minimum absolute atomic E-state index is 0.0186. The molecular weight excluding hydrogens is 855 g/mol. The van der Waals surface area contributed by atoms with Gasteiger partial charge in [-0.2, -0.15) is 0 Å². The molecule has 4 rings (SSSR count). The van der Waals surface area contributed by atoms with Crippen LogP contribution in [0.25, 0.3) is 0 Å². The minimum atomic E-state index is -2.43. The molecule has 3 N–H and O–H groups in total. The second-order valence-electron chi connectivity index (χ2n) is 21.2. The lowest BCUT2D eigenvalue weighted by molar-refractivity contribution is -0.266. The van der Waals surface area contributed by atoms with Gasteiger partial charge in [0, 0.05) is 44.2 Å². The highest BCUT2D eigenvalue weighted by molar-refractivity contribution is 6.39. The molecular formula is C54H85NO12. The Balaban J connectivity index is 1.75. The second-order valence-corrected chi connectivity index (χ2v) is 21.2. The number of aliphatic hydroxyl groups is 3. The maximum absolute atomic E-state index is 14.5. The number of ketones is 3. The zero-order valence-electron chi connectivity index (χ0n) is 42.5. The van der Waals surface area contributed by atoms with E-state index in [1.54, 1.807) is 19.9 Å². The van der Waals surface area contributed by atoms with Gasteiger partial charge in [0.2, 0.25) is 5.79 Å². The summed E-state index contributed by atoms with van der Waals surface area (Å²) in [4.78, 5) is 72.7. The number of methoxy groups -OCH3 is 1. The van der Waals surface area contributed by atoms with Crippen LogP contribution in [0.15, 0.2) is 47.6 Å². The van der Waals surface area contributed by atoms with Crippen LogP contribution < -0.4 is 0 Å². The van der Waals surface area contributed by atoms with Gasteiger partial charge in [0.15, 0.2) is 5.78 Å². The molecule has 3 heterocycles. The maximum Gasteiger partial charge on any atom is 0.329 e. The van der Waals surface area contributed by atoms with Gasteiger partial charge >= 0.3 is 5.97 Å². The van der Waals surface area contributed by atoms with Crippen molar-refractivity contribution in [3.63, 3.8) is 0 Å². The van der Waals surface area contributed by atoms with Crippen molar-refractivity contribution in [2.45, 2.75) is 207 Å². The Morgan fingerprint density at radius 1 is 0.851 bits per heavy atom. The van der Waals surface area contributed by atoms with Crippen molar-refractivity contribution >= 4 is 29.2 Å². The number of carbonyl (C=O) groups excluding carboxylic acids is 5. The van der Waals surface area contributed by atoms with Gasteiger partial charge in [0.25, 0.3) is 11.7 Å². The molecule has 1 unspecified atom stereocenters. The number of fused-ring (bicyclic) bond motifs is 3. The van der Waals surface area contributed by atoms with E-state index in [2.05, 4.69) is 0 Å². The number of cyclic esters (lactones) is 1. The molecule has 67 heavy (non-hydrogen) atoms. The zero-order chi connectivity index (χ0) is 49.7. The van der Waals surface area contributed by atoms with Crippen molar-refractivity contribution in [3.8, 4) is 0 Å². The Hall–Kier alpha value is -3.33. The Bertz CT molecular complexity index is 1790. The van der Waals surface area contributed by atoms with Crippen molar-refractivity contribution in [2.75, 3.05) is 13.7 Å². The largest absolute Gasteiger partial charge is 0.460 e. The average molecular weight is 940 g/mol. The third-order valence-electron chi connectivity index (χ3n) is 14.8. The first kappa shape index (κ1) is 56.3. The number of esters is 1. The number of amides is 1. The molecule has 4 aliphatic rings. The molecule has 2 saturated heterocycles. The molecule has 3 aliphatic heterocycles. The Labute approximate surface area is 401 Å². The van der Waals surface area contributed by atoms with E-state index in [1.807, 2.05) is 85.8 Å². The number of rotatable bonds is 7. The molecule has 378 valence electrons. The molecule has 0 aromatic carbocycles. The molecule has 0 spiro atoms. The van der Waals surface area contributed by atoms with Gasteiger partial charge in [0.1, 0.15) is 30.1 Å². The van der Waals surface area contributed by atoms with E-state index in [0.717, 1.165) is 18.4 Å². The Kier molecular flexibility index (Phi) is 21.9. The van der Waals surface area contributed by atoms with Crippen molar-refractivity contribution < 1.29 is 58.2 Å². The van der Waals surface area contributed by atoms with Crippen LogP contribution in [0.2, 0.25) is 0 Å². The van der Waals surface area contributed by atoms with Gasteiger partial charge in [-0.1, -0.05) is 78.0 Å². The predicted octanol–water partition coefficient (Wildman–Crippen LogP) is 7.97. The van der Waals surface area contributed by atoms with Gasteiger partial charge in [-0.25, -0.2) is 4.79 Å². The van der Waals surface area contributed by atoms with Crippen LogP contribution in [-0.2, 0) is 42.9 Å². The van der Waals surface area contributed by atoms with Gasteiger partial charge in [-0.3, -0.25) is 19.2 Å². The normalized spacial score (nSPS) is 38.6. The van der Waals surface area contributed by atoms with Gasteiger partial charge in [-0.05, 0) is 133 Å². The third-order valence-corrected chi connectivity index (χ3v) is 14.8. The Morgan fingerprint density at radius 2 is 1.54 bits per heavy atom. The summed E-state index contributed by atoms with van der Waals surface area (Å²) in [5.41, 5.74) is 1.32. The SMILES string of the molecule is CO[C@H]1C(=O)[C@H](C)C[C@H](C)/C=C/C=C/C=C(\C)C(OC(C)C)C[C@@H]2CC[C@@H](C)[C@@](O)(O2)C(=O)C(=O)N2CCCC[C@H]2C(=O)O[C@H]([C@H](C)C[C@H]2CC[C@H](O)CC2)CC(=O)[C@H](C(C)C)/C=C(\C)[C@H]1O. The number of carbonyl (C=O) groups is 5. The van der Waals surface area contributed by atoms with Crippen LogP contribution in [0.4, 0.5) is 0 Å². The van der Waals surface area contributed by atoms with Crippen LogP contribution >= 0.6 is 0 Å². The van der Waals surface area contributed by atoms with Crippen molar-refractivity contribution in [3.05, 3.63) is 47.6 Å². The lowest BCUT2D eigenvalue weighted by atomic mass is 9.79. The highest BCUT2D eigenvalue weighted by Gasteiger charge is 2.53. The summed E-state index contributed by atoms with van der Waals surface area (Å²) in [6.07, 6.45) is 13.1. The topological polar surface area (TPSA) is 186 Å². The van der Waals surface area contributed by atoms with E-state index in [-0.39, 0.29) is 66.8 Å². The number of piperidine rings is 1. The van der Waals surface area contributed by atoms with Crippen LogP contribution in [0, 0.1) is 41.4 Å². The molecule has 12 atom stereocenters. The monoisotopic (exact) mass is 940 g/mol. The van der Waals surface area contributed by atoms with Crippen LogP contribution in [0.3, 0.4) is 0 Å². The lowest BCUT2D eigenvalue weighted by Crippen LogP contribution is -2.61. The molecule has 0 aromatic heterocycles. The standard InChI is InChI=1S/C54H85NO12/c1-32(2)43-29-38(9)49(59)50(64-11)48(58)37(8)27-34(5)17-13-12-14-18-35(6)46(65-33(3)4)30-42-25-20-39(10)54(63,67-42)51(60)52(61)55-26-16-15-19-44(55)53(62)66-47(31-45(43)57)36(7)28-40-21-23-41(56)24-22-40/h12-14,17-18,29,32-34,36-37,39-44,46-47,49-50,56,59,63H,15-16,19-28,30-31H2,1-11H3/b14-12+,17-13+,35-18+,38-29+/t34-,36-,37-,39-,40-,41-,42+,43+,44+,46?,47+,49-,50+,54-/m1/s1. The molecule has 13 nitrogen and oxygen atoms in total. The fourth-order valence-electron chi connectivity index (χ4n) is 10.4. The second kappa shape index (κ2) is 26.0. The molecule has 0 aromatic rings. The fraction of sp³-hybridized carbons (Fsp3) is 0.759. The number of nitrogens with zero attached hydrogens (tertiary/aromatic N) is 1. The highest BCUT2D eigenvalue weighted by atomic mass is 16.6. The number of hydrogen-bond donors (Lipinski definition) is 3. The number of allylic oxidation sites excluding steroid dienone is 6. The number of ether oxygens (including phenoxy) is 4. The summed E-state index contributed by atoms with van der Waals surface area (Å²) in [6.45, 7) is 18.9. The first-order valence-corrected chi connectivity index (χ1v) is 25.3. The van der Waals surface area contributed by atoms with Crippen LogP contribution in [-0.4, -0.2) is 118 Å². The van der Waals surface area contributed by atoms with Gasteiger partial charge in [0.05, 0.1) is 24.4 Å². The third kappa shape index (κ3) is 15.6. The summed E-state index contributed by atoms with van der Waals surface area (Å²) >= 11 is 0. The highest BCUT2D eigenvalue weighted by Crippen LogP contribution is 2.38. The van der Waals surface area contributed by atoms with E-state index in [9.17, 15) is 39.3 Å². The van der Waals surface area contributed by atoms with Crippen molar-refractivity contribution in [1.29, 1.82) is 0 Å². The summed E-state index contributed by atoms with van der Waals surface area (Å²) in [7, 11) is 1.40. The molecule has 1 aliphatic carbocycles. The fourth-order valence-corrected chi connectivity index (χ4v) is 10.4. The summed E-state index contributed by atoms with van der Waals surface area (Å²) in [6, 6.07) is -1.12. The summed E-state index contributed by atoms with van der Waals surface area (Å²) < 4.78 is 24.6. The lowest BCUT2D eigenvalue weighted by Gasteiger charge is -2.43. The van der Waals surface area contributed by atoms with E-state index in [1.165, 1.54) is 12.0 Å². The number of Topliss-reactive ketones (excluding diaryl/α,β-unsaturated/α-hetero) is 3. The maximum atomic E-state index is 14.5. The predicted molar refractivity (Wildman–Crippen MR) is 257 cm³/mol. The summed E-state index contributed by atoms with van der Waals surface area (Å²) in [5.74, 6) is -7.82. The van der Waals surface area contributed by atoms with Crippen LogP contribution in [0.5, 0.6) is 0 Å². The van der Waals surface area contributed by atoms with E-state index >= 15 is 0 Å². The first-order valence-electron chi connectivity index (χ1n) is 25.3. The van der Waals surface area contributed by atoms with Crippen molar-refractivity contribution in [1.82, 2.24) is 4.90 Å². The van der Waals surface area contributed by atoms with Crippen molar-refractivity contribution in [2.24, 2.45) is 41.4 Å². The summed E-state index contributed by atoms with van der Waals surface area (Å²) in [5, 5.41) is 33.9. The molecule has 13 heteroatoms. The van der Waals surface area contributed by atoms with Crippen LogP contribution in [0.1, 0.15) is 153 Å². The van der Waals surface area contributed by atoms with E-state index in [0.29, 0.717) is 63.4 Å². The van der Waals surface area contributed by atoms with Gasteiger partial charge < -0.3 is 39.2 Å². The quantitative estimate of drug-likeness (QED) is 0.127. The minimum Gasteiger partial charge on any atom is -0.460 e. The zero-order valence-corrected chi connectivity index (χ0v) is 42.5. The molecule has 0 radical (unpaired) electrons. The number of hydrogen-bond acceptors (Lipinski definition) is 12. The van der Waals surface area contributed by atoms with E-state index in [4.69, 9.17) is 18.9 Å². The molecule has 1 saturated carbocycles. The van der Waals surface area contributed by atoms with Gasteiger partial charge in [-0.15, -0.1) is 0 Å².